The van der Waals surface area contributed by atoms with Gasteiger partial charge in [-0.05, 0) is 80.4 Å². The molecule has 2 fully saturated rings. The maximum atomic E-state index is 10.4. The molecule has 3 rings (SSSR count). The van der Waals surface area contributed by atoms with E-state index in [9.17, 15) is 10.2 Å². The van der Waals surface area contributed by atoms with E-state index in [0.29, 0.717) is 17.3 Å². The Morgan fingerprint density at radius 1 is 1.28 bits per heavy atom. The van der Waals surface area contributed by atoms with Crippen molar-refractivity contribution >= 4 is 11.8 Å². The average Bonchev–Trinajstić information content (AvgIpc) is 2.91. The second-order valence-electron chi connectivity index (χ2n) is 9.13. The minimum absolute atomic E-state index is 0.0768. The van der Waals surface area contributed by atoms with Gasteiger partial charge in [0.15, 0.2) is 0 Å². The molecule has 0 spiro atoms. The molecule has 25 heavy (non-hydrogen) atoms. The first-order chi connectivity index (χ1) is 11.7. The fourth-order valence-corrected chi connectivity index (χ4v) is 6.51. The van der Waals surface area contributed by atoms with Crippen LogP contribution in [0, 0.1) is 23.2 Å². The van der Waals surface area contributed by atoms with Gasteiger partial charge in [-0.2, -0.15) is 0 Å². The molecule has 2 nitrogen and oxygen atoms in total. The summed E-state index contributed by atoms with van der Waals surface area (Å²) in [5.41, 5.74) is 0.521. The Kier molecular flexibility index (Phi) is 5.58. The van der Waals surface area contributed by atoms with Gasteiger partial charge < -0.3 is 10.2 Å². The molecule has 0 aromatic heterocycles. The van der Waals surface area contributed by atoms with Crippen molar-refractivity contribution in [2.45, 2.75) is 76.4 Å². The third-order valence-electron chi connectivity index (χ3n) is 6.90. The fraction of sp³-hybridized carbons (Fsp3) is 0.727. The highest BCUT2D eigenvalue weighted by Crippen LogP contribution is 2.58. The molecular formula is C22H34O2S. The van der Waals surface area contributed by atoms with E-state index in [0.717, 1.165) is 23.7 Å². The Morgan fingerprint density at radius 3 is 2.76 bits per heavy atom. The lowest BCUT2D eigenvalue weighted by Gasteiger charge is -2.45. The Labute approximate surface area is 157 Å². The molecule has 1 aromatic carbocycles. The van der Waals surface area contributed by atoms with E-state index in [4.69, 9.17) is 0 Å². The quantitative estimate of drug-likeness (QED) is 0.706. The summed E-state index contributed by atoms with van der Waals surface area (Å²) in [6.07, 6.45) is 5.85. The Balaban J connectivity index is 1.64. The number of hydrogen-bond donors (Lipinski definition) is 2. The summed E-state index contributed by atoms with van der Waals surface area (Å²) >= 11 is 1.91. The van der Waals surface area contributed by atoms with Crippen LogP contribution in [0.1, 0.15) is 65.4 Å². The van der Waals surface area contributed by atoms with Gasteiger partial charge in [0.05, 0.1) is 11.7 Å². The highest BCUT2D eigenvalue weighted by molar-refractivity contribution is 7.99. The van der Waals surface area contributed by atoms with Gasteiger partial charge in [0.2, 0.25) is 0 Å². The molecule has 3 heteroatoms. The Bertz CT molecular complexity index is 594. The summed E-state index contributed by atoms with van der Waals surface area (Å²) in [4.78, 5) is 1.25. The van der Waals surface area contributed by atoms with Crippen LogP contribution in [0.4, 0.5) is 0 Å². The summed E-state index contributed by atoms with van der Waals surface area (Å²) in [6.45, 7) is 8.51. The predicted molar refractivity (Wildman–Crippen MR) is 106 cm³/mol. The average molecular weight is 363 g/mol. The minimum Gasteiger partial charge on any atom is -0.393 e. The van der Waals surface area contributed by atoms with Crippen molar-refractivity contribution in [3.8, 4) is 0 Å². The van der Waals surface area contributed by atoms with Crippen LogP contribution in [-0.4, -0.2) is 22.1 Å². The largest absolute Gasteiger partial charge is 0.393 e. The highest BCUT2D eigenvalue weighted by Gasteiger charge is 2.52. The van der Waals surface area contributed by atoms with Crippen LogP contribution in [-0.2, 0) is 5.60 Å². The molecule has 5 atom stereocenters. The molecule has 140 valence electrons. The van der Waals surface area contributed by atoms with E-state index in [-0.39, 0.29) is 6.10 Å². The zero-order valence-corrected chi connectivity index (χ0v) is 17.0. The third-order valence-corrected chi connectivity index (χ3v) is 8.18. The van der Waals surface area contributed by atoms with Crippen molar-refractivity contribution in [2.24, 2.45) is 23.2 Å². The maximum Gasteiger partial charge on any atom is 0.0840 e. The molecule has 0 aliphatic heterocycles. The van der Waals surface area contributed by atoms with Crippen molar-refractivity contribution in [1.29, 1.82) is 0 Å². The van der Waals surface area contributed by atoms with E-state index in [1.54, 1.807) is 0 Å². The van der Waals surface area contributed by atoms with E-state index < -0.39 is 5.60 Å². The fourth-order valence-electron chi connectivity index (χ4n) is 5.43. The smallest absolute Gasteiger partial charge is 0.0840 e. The van der Waals surface area contributed by atoms with Gasteiger partial charge in [0.25, 0.3) is 0 Å². The van der Waals surface area contributed by atoms with Crippen LogP contribution in [0.2, 0.25) is 0 Å². The zero-order valence-electron chi connectivity index (χ0n) is 16.2. The first kappa shape index (κ1) is 19.3. The molecule has 2 aliphatic carbocycles. The SMILES string of the molecule is C[C@@H](CSc1cccc(C(C)(C)O)c1)[C@H]1CC[C@H]2[C@@H](O)CCC[C@]12C. The zero-order chi connectivity index (χ0) is 18.2. The highest BCUT2D eigenvalue weighted by atomic mass is 32.2. The van der Waals surface area contributed by atoms with Gasteiger partial charge in [-0.25, -0.2) is 0 Å². The lowest BCUT2D eigenvalue weighted by molar-refractivity contribution is -0.0249. The van der Waals surface area contributed by atoms with Crippen LogP contribution in [0.15, 0.2) is 29.2 Å². The van der Waals surface area contributed by atoms with Crippen LogP contribution in [0.25, 0.3) is 0 Å². The van der Waals surface area contributed by atoms with Crippen molar-refractivity contribution in [3.63, 3.8) is 0 Å². The number of fused-ring (bicyclic) bond motifs is 1. The summed E-state index contributed by atoms with van der Waals surface area (Å²) in [5.74, 6) is 2.99. The van der Waals surface area contributed by atoms with E-state index in [1.165, 1.54) is 30.6 Å². The molecule has 2 aliphatic rings. The van der Waals surface area contributed by atoms with Crippen molar-refractivity contribution in [2.75, 3.05) is 5.75 Å². The normalized spacial score (nSPS) is 33.9. The van der Waals surface area contributed by atoms with E-state index in [2.05, 4.69) is 26.0 Å². The number of hydrogen-bond acceptors (Lipinski definition) is 3. The number of aliphatic hydroxyl groups is 2. The monoisotopic (exact) mass is 362 g/mol. The molecular weight excluding hydrogens is 328 g/mol. The summed E-state index contributed by atoms with van der Waals surface area (Å²) in [5, 5.41) is 20.6. The van der Waals surface area contributed by atoms with Gasteiger partial charge in [0.1, 0.15) is 0 Å². The molecule has 2 saturated carbocycles. The predicted octanol–water partition coefficient (Wildman–Crippen LogP) is 5.22. The molecule has 1 aromatic rings. The van der Waals surface area contributed by atoms with Crippen LogP contribution in [0.5, 0.6) is 0 Å². The minimum atomic E-state index is -0.785. The summed E-state index contributed by atoms with van der Waals surface area (Å²) in [7, 11) is 0. The second-order valence-corrected chi connectivity index (χ2v) is 10.2. The number of rotatable bonds is 5. The van der Waals surface area contributed by atoms with Crippen molar-refractivity contribution < 1.29 is 10.2 Å². The summed E-state index contributed by atoms with van der Waals surface area (Å²) in [6, 6.07) is 8.32. The molecule has 0 heterocycles. The first-order valence-electron chi connectivity index (χ1n) is 9.85. The second kappa shape index (κ2) is 7.25. The first-order valence-corrected chi connectivity index (χ1v) is 10.8. The van der Waals surface area contributed by atoms with Gasteiger partial charge in [-0.15, -0.1) is 11.8 Å². The van der Waals surface area contributed by atoms with E-state index in [1.807, 2.05) is 37.7 Å². The molecule has 0 radical (unpaired) electrons. The van der Waals surface area contributed by atoms with Crippen LogP contribution < -0.4 is 0 Å². The molecule has 0 saturated heterocycles. The lowest BCUT2D eigenvalue weighted by Crippen LogP contribution is -2.41. The number of aliphatic hydroxyl groups excluding tert-OH is 1. The topological polar surface area (TPSA) is 40.5 Å². The molecule has 0 bridgehead atoms. The van der Waals surface area contributed by atoms with Crippen molar-refractivity contribution in [1.82, 2.24) is 0 Å². The molecule has 0 unspecified atom stereocenters. The Hall–Kier alpha value is -0.510. The molecule has 0 amide bonds. The van der Waals surface area contributed by atoms with E-state index >= 15 is 0 Å². The Morgan fingerprint density at radius 2 is 2.04 bits per heavy atom. The van der Waals surface area contributed by atoms with Gasteiger partial charge in [-0.1, -0.05) is 32.4 Å². The lowest BCUT2D eigenvalue weighted by atomic mass is 9.62. The van der Waals surface area contributed by atoms with Gasteiger partial charge >= 0.3 is 0 Å². The maximum absolute atomic E-state index is 10.4. The van der Waals surface area contributed by atoms with Gasteiger partial charge in [0, 0.05) is 10.6 Å². The summed E-state index contributed by atoms with van der Waals surface area (Å²) < 4.78 is 0. The van der Waals surface area contributed by atoms with Crippen LogP contribution in [0.3, 0.4) is 0 Å². The standard InChI is InChI=1S/C22H34O2S/c1-15(14-25-17-8-5-7-16(13-17)21(2,3)24)18-10-11-19-20(23)9-6-12-22(18,19)4/h5,7-8,13,15,18-20,23-24H,6,9-12,14H2,1-4H3/t15-,18+,19-,20-,22+/m0/s1. The number of thioether (sulfide) groups is 1. The number of benzene rings is 1. The molecule has 2 N–H and O–H groups in total. The van der Waals surface area contributed by atoms with Gasteiger partial charge in [-0.3, -0.25) is 0 Å². The third kappa shape index (κ3) is 3.94. The van der Waals surface area contributed by atoms with Crippen molar-refractivity contribution in [3.05, 3.63) is 29.8 Å². The van der Waals surface area contributed by atoms with Crippen LogP contribution >= 0.6 is 11.8 Å².